The predicted octanol–water partition coefficient (Wildman–Crippen LogP) is 4.04. The van der Waals surface area contributed by atoms with E-state index < -0.39 is 23.1 Å². The molecular formula is C15H16F3NO2. The van der Waals surface area contributed by atoms with E-state index >= 15 is 0 Å². The van der Waals surface area contributed by atoms with Gasteiger partial charge in [0.2, 0.25) is 0 Å². The number of carbonyl (C=O) groups is 1. The highest BCUT2D eigenvalue weighted by Crippen LogP contribution is 2.36. The number of hydrogen-bond acceptors (Lipinski definition) is 1. The summed E-state index contributed by atoms with van der Waals surface area (Å²) in [4.78, 5) is 11.4. The van der Waals surface area contributed by atoms with Crippen molar-refractivity contribution >= 4 is 16.9 Å². The molecule has 0 unspecified atom stereocenters. The Morgan fingerprint density at radius 1 is 1.29 bits per heavy atom. The molecule has 0 radical (unpaired) electrons. The molecule has 21 heavy (non-hydrogen) atoms. The van der Waals surface area contributed by atoms with Gasteiger partial charge >= 0.3 is 12.1 Å². The maximum atomic E-state index is 12.8. The lowest BCUT2D eigenvalue weighted by atomic mass is 9.84. The Morgan fingerprint density at radius 3 is 2.38 bits per heavy atom. The van der Waals surface area contributed by atoms with Gasteiger partial charge in [-0.1, -0.05) is 6.07 Å². The molecule has 1 N–H and O–H groups in total. The third-order valence-electron chi connectivity index (χ3n) is 3.76. The summed E-state index contributed by atoms with van der Waals surface area (Å²) in [6.07, 6.45) is -2.79. The highest BCUT2D eigenvalue weighted by atomic mass is 19.4. The lowest BCUT2D eigenvalue weighted by molar-refractivity contribution is -0.142. The van der Waals surface area contributed by atoms with Crippen LogP contribution in [0, 0.1) is 0 Å². The number of carboxylic acid groups (broad SMARTS) is 1. The number of benzene rings is 1. The second-order valence-corrected chi connectivity index (χ2v) is 5.49. The molecule has 0 aliphatic rings. The van der Waals surface area contributed by atoms with Gasteiger partial charge in [0.25, 0.3) is 0 Å². The predicted molar refractivity (Wildman–Crippen MR) is 73.3 cm³/mol. The molecule has 2 rings (SSSR count). The first-order chi connectivity index (χ1) is 9.59. The van der Waals surface area contributed by atoms with Crippen molar-refractivity contribution in [1.82, 2.24) is 4.57 Å². The molecule has 0 amide bonds. The van der Waals surface area contributed by atoms with Crippen LogP contribution in [0.5, 0.6) is 0 Å². The van der Waals surface area contributed by atoms with Crippen LogP contribution in [-0.2, 0) is 22.9 Å². The molecule has 1 aromatic carbocycles. The fourth-order valence-electron chi connectivity index (χ4n) is 2.34. The summed E-state index contributed by atoms with van der Waals surface area (Å²) >= 11 is 0. The number of carboxylic acids is 1. The van der Waals surface area contributed by atoms with Crippen molar-refractivity contribution in [3.8, 4) is 0 Å². The minimum absolute atomic E-state index is 0.400. The monoisotopic (exact) mass is 299 g/mol. The van der Waals surface area contributed by atoms with Gasteiger partial charge in [-0.05, 0) is 38.5 Å². The Morgan fingerprint density at radius 2 is 1.90 bits per heavy atom. The third-order valence-corrected chi connectivity index (χ3v) is 3.76. The van der Waals surface area contributed by atoms with Gasteiger partial charge < -0.3 is 9.67 Å². The van der Waals surface area contributed by atoms with Gasteiger partial charge in [0.1, 0.15) is 0 Å². The Bertz CT molecular complexity index is 699. The van der Waals surface area contributed by atoms with E-state index in [4.69, 9.17) is 0 Å². The molecule has 6 heteroatoms. The third kappa shape index (κ3) is 2.50. The number of aryl methyl sites for hydroxylation is 1. The normalized spacial score (nSPS) is 12.9. The topological polar surface area (TPSA) is 42.2 Å². The highest BCUT2D eigenvalue weighted by Gasteiger charge is 2.35. The molecule has 114 valence electrons. The Labute approximate surface area is 120 Å². The second kappa shape index (κ2) is 4.79. The number of aliphatic carboxylic acids is 1. The van der Waals surface area contributed by atoms with Crippen LogP contribution < -0.4 is 0 Å². The van der Waals surface area contributed by atoms with Gasteiger partial charge in [-0.3, -0.25) is 4.79 Å². The number of nitrogens with zero attached hydrogens (tertiary/aromatic N) is 1. The molecule has 0 atom stereocenters. The maximum Gasteiger partial charge on any atom is 0.416 e. The fraction of sp³-hybridized carbons (Fsp3) is 0.400. The van der Waals surface area contributed by atoms with E-state index in [1.807, 2.05) is 0 Å². The van der Waals surface area contributed by atoms with Crippen LogP contribution in [0.25, 0.3) is 10.9 Å². The summed E-state index contributed by atoms with van der Waals surface area (Å²) in [6, 6.07) is 3.41. The Kier molecular flexibility index (Phi) is 3.51. The van der Waals surface area contributed by atoms with Crippen molar-refractivity contribution in [2.75, 3.05) is 0 Å². The lowest BCUT2D eigenvalue weighted by Crippen LogP contribution is -2.28. The number of rotatable bonds is 3. The lowest BCUT2D eigenvalue weighted by Gasteiger charge is -2.18. The summed E-state index contributed by atoms with van der Waals surface area (Å²) in [5.74, 6) is -1.02. The molecule has 3 nitrogen and oxygen atoms in total. The summed E-state index contributed by atoms with van der Waals surface area (Å²) in [5.41, 5.74) is -0.988. The maximum absolute atomic E-state index is 12.8. The molecule has 0 aliphatic carbocycles. The first-order valence-electron chi connectivity index (χ1n) is 6.53. The van der Waals surface area contributed by atoms with E-state index in [1.54, 1.807) is 31.5 Å². The van der Waals surface area contributed by atoms with Gasteiger partial charge in [0.05, 0.1) is 11.0 Å². The number of hydrogen-bond donors (Lipinski definition) is 1. The van der Waals surface area contributed by atoms with Crippen LogP contribution in [0.2, 0.25) is 0 Å². The van der Waals surface area contributed by atoms with Crippen LogP contribution in [0.4, 0.5) is 13.2 Å². The van der Waals surface area contributed by atoms with Crippen LogP contribution >= 0.6 is 0 Å². The number of halogens is 3. The molecule has 1 heterocycles. The first-order valence-corrected chi connectivity index (χ1v) is 6.53. The van der Waals surface area contributed by atoms with Crippen LogP contribution in [0.1, 0.15) is 31.9 Å². The number of alkyl halides is 3. The van der Waals surface area contributed by atoms with Crippen LogP contribution in [0.3, 0.4) is 0 Å². The molecule has 0 spiro atoms. The minimum Gasteiger partial charge on any atom is -0.481 e. The van der Waals surface area contributed by atoms with E-state index in [0.29, 0.717) is 23.0 Å². The zero-order valence-corrected chi connectivity index (χ0v) is 12.0. The molecular weight excluding hydrogens is 283 g/mol. The van der Waals surface area contributed by atoms with Crippen molar-refractivity contribution in [1.29, 1.82) is 0 Å². The zero-order valence-electron chi connectivity index (χ0n) is 12.0. The average molecular weight is 299 g/mol. The number of aromatic nitrogens is 1. The molecule has 0 saturated carbocycles. The standard InChI is InChI=1S/C15H16F3NO2/c1-4-19-8-11(14(2,3)13(20)21)10-6-5-9(7-12(10)19)15(16,17)18/h5-8H,4H2,1-3H3,(H,20,21). The Hall–Kier alpha value is -1.98. The van der Waals surface area contributed by atoms with Crippen molar-refractivity contribution in [2.45, 2.75) is 38.9 Å². The van der Waals surface area contributed by atoms with Crippen LogP contribution in [-0.4, -0.2) is 15.6 Å². The van der Waals surface area contributed by atoms with Crippen molar-refractivity contribution in [2.24, 2.45) is 0 Å². The van der Waals surface area contributed by atoms with E-state index in [1.165, 1.54) is 6.07 Å². The second-order valence-electron chi connectivity index (χ2n) is 5.49. The van der Waals surface area contributed by atoms with Crippen molar-refractivity contribution < 1.29 is 23.1 Å². The average Bonchev–Trinajstić information content (AvgIpc) is 2.75. The largest absolute Gasteiger partial charge is 0.481 e. The van der Waals surface area contributed by atoms with Gasteiger partial charge in [-0.25, -0.2) is 0 Å². The van der Waals surface area contributed by atoms with Gasteiger partial charge in [0, 0.05) is 23.6 Å². The SMILES string of the molecule is CCn1cc(C(C)(C)C(=O)O)c2ccc(C(F)(F)F)cc21. The summed E-state index contributed by atoms with van der Waals surface area (Å²) < 4.78 is 40.1. The van der Waals surface area contributed by atoms with Crippen molar-refractivity contribution in [3.63, 3.8) is 0 Å². The Balaban J connectivity index is 2.75. The molecule has 0 bridgehead atoms. The molecule has 0 fully saturated rings. The smallest absolute Gasteiger partial charge is 0.416 e. The van der Waals surface area contributed by atoms with Gasteiger partial charge in [-0.2, -0.15) is 13.2 Å². The van der Waals surface area contributed by atoms with E-state index in [-0.39, 0.29) is 0 Å². The van der Waals surface area contributed by atoms with E-state index in [2.05, 4.69) is 0 Å². The quantitative estimate of drug-likeness (QED) is 0.929. The van der Waals surface area contributed by atoms with Gasteiger partial charge in [0.15, 0.2) is 0 Å². The fourth-order valence-corrected chi connectivity index (χ4v) is 2.34. The zero-order chi connectivity index (χ0) is 16.0. The molecule has 0 saturated heterocycles. The minimum atomic E-state index is -4.42. The van der Waals surface area contributed by atoms with Gasteiger partial charge in [-0.15, -0.1) is 0 Å². The van der Waals surface area contributed by atoms with Crippen LogP contribution in [0.15, 0.2) is 24.4 Å². The van der Waals surface area contributed by atoms with E-state index in [0.717, 1.165) is 12.1 Å². The van der Waals surface area contributed by atoms with E-state index in [9.17, 15) is 23.1 Å². The summed E-state index contributed by atoms with van der Waals surface area (Å²) in [7, 11) is 0. The molecule has 2 aromatic rings. The highest BCUT2D eigenvalue weighted by molar-refractivity contribution is 5.92. The molecule has 1 aromatic heterocycles. The summed E-state index contributed by atoms with van der Waals surface area (Å²) in [5, 5.41) is 9.87. The first kappa shape index (κ1) is 15.4. The van der Waals surface area contributed by atoms with Crippen molar-refractivity contribution in [3.05, 3.63) is 35.5 Å². The number of fused-ring (bicyclic) bond motifs is 1. The summed E-state index contributed by atoms with van der Waals surface area (Å²) in [6.45, 7) is 5.36. The molecule has 0 aliphatic heterocycles.